The fourth-order valence-corrected chi connectivity index (χ4v) is 3.55. The largest absolute Gasteiger partial charge is 0.496 e. The maximum Gasteiger partial charge on any atom is 0.338 e. The van der Waals surface area contributed by atoms with Crippen LogP contribution in [0.15, 0.2) is 6.07 Å². The minimum absolute atomic E-state index is 0.0423. The predicted molar refractivity (Wildman–Crippen MR) is 103 cm³/mol. The average Bonchev–Trinajstić information content (AvgIpc) is 2.85. The van der Waals surface area contributed by atoms with Crippen molar-refractivity contribution in [3.05, 3.63) is 22.9 Å². The zero-order chi connectivity index (χ0) is 19.6. The molecule has 0 aliphatic carbocycles. The monoisotopic (exact) mass is 380 g/mol. The second kappa shape index (κ2) is 7.77. The SMILES string of the molecule is COc1c(C(C)O)cc(C(=O)O)c2nn(COCC[Si](C)(C)C)c(C)c12. The quantitative estimate of drug-likeness (QED) is 0.538. The summed E-state index contributed by atoms with van der Waals surface area (Å²) in [7, 11) is 0.323. The van der Waals surface area contributed by atoms with E-state index in [1.54, 1.807) is 11.6 Å². The van der Waals surface area contributed by atoms with E-state index in [0.717, 1.165) is 11.7 Å². The molecule has 144 valence electrons. The van der Waals surface area contributed by atoms with Gasteiger partial charge >= 0.3 is 5.97 Å². The van der Waals surface area contributed by atoms with Gasteiger partial charge < -0.3 is 19.7 Å². The Hall–Kier alpha value is -1.90. The zero-order valence-corrected chi connectivity index (χ0v) is 17.3. The summed E-state index contributed by atoms with van der Waals surface area (Å²) in [6.45, 7) is 11.2. The van der Waals surface area contributed by atoms with Crippen LogP contribution in [0.5, 0.6) is 5.75 Å². The van der Waals surface area contributed by atoms with Gasteiger partial charge in [-0.25, -0.2) is 9.48 Å². The molecule has 2 N–H and O–H groups in total. The fraction of sp³-hybridized carbons (Fsp3) is 0.556. The second-order valence-electron chi connectivity index (χ2n) is 7.68. The molecule has 1 aromatic heterocycles. The van der Waals surface area contributed by atoms with Crippen LogP contribution >= 0.6 is 0 Å². The number of aryl methyl sites for hydroxylation is 1. The number of methoxy groups -OCH3 is 1. The third-order valence-corrected chi connectivity index (χ3v) is 6.05. The standard InChI is InChI=1S/C18H28N2O5Si/c1-11-15-16(19-20(11)10-25-7-8-26(4,5)6)14(18(22)23)9-13(12(2)21)17(15)24-3/h9,12,21H,7-8,10H2,1-6H3,(H,22,23). The van der Waals surface area contributed by atoms with Crippen molar-refractivity contribution >= 4 is 24.9 Å². The summed E-state index contributed by atoms with van der Waals surface area (Å²) in [4.78, 5) is 11.7. The molecule has 0 aliphatic heterocycles. The van der Waals surface area contributed by atoms with Crippen molar-refractivity contribution in [1.29, 1.82) is 0 Å². The number of rotatable bonds is 8. The number of benzene rings is 1. The third kappa shape index (κ3) is 4.25. The van der Waals surface area contributed by atoms with E-state index in [0.29, 0.717) is 28.8 Å². The lowest BCUT2D eigenvalue weighted by Crippen LogP contribution is -2.22. The van der Waals surface area contributed by atoms with Crippen molar-refractivity contribution in [2.75, 3.05) is 13.7 Å². The smallest absolute Gasteiger partial charge is 0.338 e. The Kier molecular flexibility index (Phi) is 6.10. The van der Waals surface area contributed by atoms with Crippen LogP contribution in [0.2, 0.25) is 25.7 Å². The summed E-state index contributed by atoms with van der Waals surface area (Å²) in [6, 6.07) is 2.47. The van der Waals surface area contributed by atoms with Crippen LogP contribution in [0.3, 0.4) is 0 Å². The number of carboxylic acid groups (broad SMARTS) is 1. The molecule has 0 saturated heterocycles. The van der Waals surface area contributed by atoms with E-state index in [2.05, 4.69) is 24.7 Å². The molecule has 1 aromatic carbocycles. The van der Waals surface area contributed by atoms with Gasteiger partial charge in [0.25, 0.3) is 0 Å². The predicted octanol–water partition coefficient (Wildman–Crippen LogP) is 3.42. The molecule has 8 heteroatoms. The van der Waals surface area contributed by atoms with Gasteiger partial charge in [0.1, 0.15) is 18.0 Å². The van der Waals surface area contributed by atoms with Gasteiger partial charge in [0.05, 0.1) is 24.2 Å². The molecule has 0 amide bonds. The number of aliphatic hydroxyl groups is 1. The summed E-state index contributed by atoms with van der Waals surface area (Å²) in [5.74, 6) is -0.644. The van der Waals surface area contributed by atoms with E-state index >= 15 is 0 Å². The number of fused-ring (bicyclic) bond motifs is 1. The van der Waals surface area contributed by atoms with Gasteiger partial charge in [0.15, 0.2) is 0 Å². The van der Waals surface area contributed by atoms with Gasteiger partial charge in [-0.05, 0) is 26.0 Å². The van der Waals surface area contributed by atoms with Gasteiger partial charge in [0.2, 0.25) is 0 Å². The van der Waals surface area contributed by atoms with Gasteiger partial charge in [-0.3, -0.25) is 0 Å². The normalized spacial score (nSPS) is 13.2. The lowest BCUT2D eigenvalue weighted by atomic mass is 10.0. The van der Waals surface area contributed by atoms with Gasteiger partial charge in [-0.15, -0.1) is 0 Å². The molecule has 0 saturated carbocycles. The molecule has 0 aliphatic rings. The van der Waals surface area contributed by atoms with Crippen LogP contribution in [-0.4, -0.2) is 47.8 Å². The first-order valence-electron chi connectivity index (χ1n) is 8.64. The molecular formula is C18H28N2O5Si. The Bertz CT molecular complexity index is 808. The van der Waals surface area contributed by atoms with Crippen LogP contribution in [0.4, 0.5) is 0 Å². The molecule has 0 bridgehead atoms. The van der Waals surface area contributed by atoms with Crippen molar-refractivity contribution in [2.45, 2.75) is 52.4 Å². The van der Waals surface area contributed by atoms with Crippen molar-refractivity contribution < 1.29 is 24.5 Å². The summed E-state index contributed by atoms with van der Waals surface area (Å²) in [5, 5.41) is 24.6. The molecule has 7 nitrogen and oxygen atoms in total. The number of hydrogen-bond donors (Lipinski definition) is 2. The van der Waals surface area contributed by atoms with E-state index in [4.69, 9.17) is 9.47 Å². The maximum absolute atomic E-state index is 11.7. The first-order chi connectivity index (χ1) is 12.1. The third-order valence-electron chi connectivity index (χ3n) is 4.35. The minimum atomic E-state index is -1.18. The molecular weight excluding hydrogens is 352 g/mol. The molecule has 1 unspecified atom stereocenters. The maximum atomic E-state index is 11.7. The highest BCUT2D eigenvalue weighted by Gasteiger charge is 2.24. The molecule has 0 fully saturated rings. The summed E-state index contributed by atoms with van der Waals surface area (Å²) in [6.07, 6.45) is -0.858. The summed E-state index contributed by atoms with van der Waals surface area (Å²) >= 11 is 0. The number of aromatic nitrogens is 2. The molecule has 0 radical (unpaired) electrons. The molecule has 0 spiro atoms. The van der Waals surface area contributed by atoms with E-state index in [1.807, 2.05) is 6.92 Å². The zero-order valence-electron chi connectivity index (χ0n) is 16.3. The number of carboxylic acids is 1. The van der Waals surface area contributed by atoms with Crippen LogP contribution in [0.1, 0.15) is 34.6 Å². The van der Waals surface area contributed by atoms with Crippen LogP contribution in [0, 0.1) is 6.92 Å². The Labute approximate surface area is 154 Å². The van der Waals surface area contributed by atoms with E-state index in [-0.39, 0.29) is 12.3 Å². The first kappa shape index (κ1) is 20.4. The molecule has 2 rings (SSSR count). The van der Waals surface area contributed by atoms with Crippen molar-refractivity contribution in [3.8, 4) is 5.75 Å². The topological polar surface area (TPSA) is 93.8 Å². The fourth-order valence-electron chi connectivity index (χ4n) is 2.79. The summed E-state index contributed by atoms with van der Waals surface area (Å²) < 4.78 is 12.9. The van der Waals surface area contributed by atoms with Gasteiger partial charge in [0, 0.05) is 25.9 Å². The number of aromatic carboxylic acids is 1. The highest BCUT2D eigenvalue weighted by Crippen LogP contribution is 2.37. The molecule has 1 atom stereocenters. The van der Waals surface area contributed by atoms with E-state index in [1.165, 1.54) is 13.2 Å². The highest BCUT2D eigenvalue weighted by atomic mass is 28.3. The van der Waals surface area contributed by atoms with E-state index in [9.17, 15) is 15.0 Å². The Morgan fingerprint density at radius 1 is 1.38 bits per heavy atom. The lowest BCUT2D eigenvalue weighted by molar-refractivity contribution is 0.0696. The first-order valence-corrected chi connectivity index (χ1v) is 12.3. The highest BCUT2D eigenvalue weighted by molar-refractivity contribution is 6.76. The number of aliphatic hydroxyl groups excluding tert-OH is 1. The number of ether oxygens (including phenoxy) is 2. The van der Waals surface area contributed by atoms with Crippen molar-refractivity contribution in [3.63, 3.8) is 0 Å². The average molecular weight is 381 g/mol. The van der Waals surface area contributed by atoms with Crippen LogP contribution in [0.25, 0.3) is 10.9 Å². The summed E-state index contributed by atoms with van der Waals surface area (Å²) in [5.41, 5.74) is 1.56. The van der Waals surface area contributed by atoms with Crippen molar-refractivity contribution in [2.24, 2.45) is 0 Å². The van der Waals surface area contributed by atoms with Gasteiger partial charge in [-0.1, -0.05) is 19.6 Å². The minimum Gasteiger partial charge on any atom is -0.496 e. The Morgan fingerprint density at radius 3 is 2.54 bits per heavy atom. The Morgan fingerprint density at radius 2 is 2.04 bits per heavy atom. The number of carbonyl (C=O) groups is 1. The number of nitrogens with zero attached hydrogens (tertiary/aromatic N) is 2. The number of hydrogen-bond acceptors (Lipinski definition) is 5. The lowest BCUT2D eigenvalue weighted by Gasteiger charge is -2.15. The van der Waals surface area contributed by atoms with Crippen LogP contribution in [-0.2, 0) is 11.5 Å². The van der Waals surface area contributed by atoms with Crippen molar-refractivity contribution in [1.82, 2.24) is 9.78 Å². The second-order valence-corrected chi connectivity index (χ2v) is 13.3. The molecule has 26 heavy (non-hydrogen) atoms. The molecule has 2 aromatic rings. The van der Waals surface area contributed by atoms with Crippen LogP contribution < -0.4 is 4.74 Å². The van der Waals surface area contributed by atoms with E-state index < -0.39 is 20.1 Å². The Balaban J connectivity index is 2.47. The van der Waals surface area contributed by atoms with Gasteiger partial charge in [-0.2, -0.15) is 5.10 Å². The molecule has 1 heterocycles.